The molecule has 0 amide bonds. The third-order valence-corrected chi connectivity index (χ3v) is 4.85. The van der Waals surface area contributed by atoms with Gasteiger partial charge in [-0.15, -0.1) is 0 Å². The highest BCUT2D eigenvalue weighted by Crippen LogP contribution is 2.31. The monoisotopic (exact) mass is 385 g/mol. The largest absolute Gasteiger partial charge is 0.303 e. The SMILES string of the molecule is CCC(NC(C)c1ccccc1Br)c1ccc(Cl)cc1Cl. The van der Waals surface area contributed by atoms with E-state index in [1.165, 1.54) is 5.56 Å². The van der Waals surface area contributed by atoms with Gasteiger partial charge in [0.05, 0.1) is 0 Å². The maximum absolute atomic E-state index is 6.33. The van der Waals surface area contributed by atoms with Gasteiger partial charge in [0, 0.05) is 26.6 Å². The molecule has 0 saturated carbocycles. The van der Waals surface area contributed by atoms with Crippen LogP contribution in [-0.2, 0) is 0 Å². The van der Waals surface area contributed by atoms with Gasteiger partial charge in [-0.2, -0.15) is 0 Å². The maximum Gasteiger partial charge on any atom is 0.0468 e. The summed E-state index contributed by atoms with van der Waals surface area (Å²) in [4.78, 5) is 0. The highest BCUT2D eigenvalue weighted by molar-refractivity contribution is 9.10. The fraction of sp³-hybridized carbons (Fsp3) is 0.294. The van der Waals surface area contributed by atoms with Gasteiger partial charge in [-0.05, 0) is 42.7 Å². The van der Waals surface area contributed by atoms with Crippen LogP contribution in [0.4, 0.5) is 0 Å². The summed E-state index contributed by atoms with van der Waals surface area (Å²) < 4.78 is 1.11. The molecule has 0 aliphatic carbocycles. The Morgan fingerprint density at radius 2 is 1.81 bits per heavy atom. The molecule has 0 bridgehead atoms. The number of hydrogen-bond donors (Lipinski definition) is 1. The van der Waals surface area contributed by atoms with E-state index >= 15 is 0 Å². The minimum Gasteiger partial charge on any atom is -0.303 e. The Morgan fingerprint density at radius 3 is 2.43 bits per heavy atom. The molecule has 21 heavy (non-hydrogen) atoms. The van der Waals surface area contributed by atoms with Crippen molar-refractivity contribution in [1.82, 2.24) is 5.32 Å². The van der Waals surface area contributed by atoms with Gasteiger partial charge in [0.25, 0.3) is 0 Å². The molecular formula is C17H18BrCl2N. The molecule has 0 saturated heterocycles. The summed E-state index contributed by atoms with van der Waals surface area (Å²) in [5, 5.41) is 5.02. The van der Waals surface area contributed by atoms with E-state index in [1.807, 2.05) is 18.2 Å². The second-order valence-corrected chi connectivity index (χ2v) is 6.73. The third-order valence-electron chi connectivity index (χ3n) is 3.57. The maximum atomic E-state index is 6.33. The first kappa shape index (κ1) is 16.8. The zero-order valence-electron chi connectivity index (χ0n) is 12.0. The Bertz CT molecular complexity index is 615. The van der Waals surface area contributed by atoms with Crippen molar-refractivity contribution in [3.05, 3.63) is 68.1 Å². The van der Waals surface area contributed by atoms with Crippen molar-refractivity contribution in [3.63, 3.8) is 0 Å². The van der Waals surface area contributed by atoms with E-state index in [1.54, 1.807) is 6.07 Å². The van der Waals surface area contributed by atoms with Crippen molar-refractivity contribution in [3.8, 4) is 0 Å². The highest BCUT2D eigenvalue weighted by atomic mass is 79.9. The van der Waals surface area contributed by atoms with Gasteiger partial charge in [-0.1, -0.05) is 70.3 Å². The molecule has 2 rings (SSSR count). The molecule has 0 aliphatic heterocycles. The van der Waals surface area contributed by atoms with Crippen LogP contribution in [-0.4, -0.2) is 0 Å². The smallest absolute Gasteiger partial charge is 0.0468 e. The highest BCUT2D eigenvalue weighted by Gasteiger charge is 2.17. The van der Waals surface area contributed by atoms with E-state index in [4.69, 9.17) is 23.2 Å². The third kappa shape index (κ3) is 4.23. The standard InChI is InChI=1S/C17H18BrCl2N/c1-3-17(14-9-8-12(19)10-16(14)20)21-11(2)13-6-4-5-7-15(13)18/h4-11,17,21H,3H2,1-2H3. The molecule has 0 aliphatic rings. The summed E-state index contributed by atoms with van der Waals surface area (Å²) in [5.74, 6) is 0. The summed E-state index contributed by atoms with van der Waals surface area (Å²) >= 11 is 15.9. The average Bonchev–Trinajstić information content (AvgIpc) is 2.45. The van der Waals surface area contributed by atoms with Crippen molar-refractivity contribution < 1.29 is 0 Å². The summed E-state index contributed by atoms with van der Waals surface area (Å²) in [6.45, 7) is 4.31. The van der Waals surface area contributed by atoms with Crippen LogP contribution in [0.1, 0.15) is 43.5 Å². The van der Waals surface area contributed by atoms with Gasteiger partial charge in [-0.3, -0.25) is 0 Å². The number of nitrogens with one attached hydrogen (secondary N) is 1. The number of rotatable bonds is 5. The molecule has 0 heterocycles. The molecule has 4 heteroatoms. The van der Waals surface area contributed by atoms with Crippen LogP contribution in [0, 0.1) is 0 Å². The van der Waals surface area contributed by atoms with Gasteiger partial charge in [-0.25, -0.2) is 0 Å². The lowest BCUT2D eigenvalue weighted by atomic mass is 10.0. The van der Waals surface area contributed by atoms with Crippen LogP contribution in [0.15, 0.2) is 46.9 Å². The molecular weight excluding hydrogens is 369 g/mol. The molecule has 1 N–H and O–H groups in total. The molecule has 0 spiro atoms. The predicted molar refractivity (Wildman–Crippen MR) is 95.2 cm³/mol. The lowest BCUT2D eigenvalue weighted by Gasteiger charge is -2.24. The number of hydrogen-bond acceptors (Lipinski definition) is 1. The first-order valence-electron chi connectivity index (χ1n) is 6.98. The van der Waals surface area contributed by atoms with Crippen LogP contribution in [0.3, 0.4) is 0 Å². The first-order chi connectivity index (χ1) is 10.0. The molecule has 0 fully saturated rings. The van der Waals surface area contributed by atoms with Crippen molar-refractivity contribution in [2.75, 3.05) is 0 Å². The van der Waals surface area contributed by atoms with Crippen molar-refractivity contribution in [1.29, 1.82) is 0 Å². The molecule has 112 valence electrons. The van der Waals surface area contributed by atoms with Gasteiger partial charge in [0.2, 0.25) is 0 Å². The van der Waals surface area contributed by atoms with Crippen LogP contribution in [0.5, 0.6) is 0 Å². The van der Waals surface area contributed by atoms with Crippen molar-refractivity contribution in [2.24, 2.45) is 0 Å². The normalized spacial score (nSPS) is 14.0. The summed E-state index contributed by atoms with van der Waals surface area (Å²) in [7, 11) is 0. The average molecular weight is 387 g/mol. The van der Waals surface area contributed by atoms with E-state index in [2.05, 4.69) is 53.3 Å². The molecule has 2 aromatic rings. The Hall–Kier alpha value is -0.540. The zero-order chi connectivity index (χ0) is 15.4. The Kier molecular flexibility index (Phi) is 6.12. The fourth-order valence-corrected chi connectivity index (χ4v) is 3.60. The van der Waals surface area contributed by atoms with Crippen LogP contribution >= 0.6 is 39.1 Å². The fourth-order valence-electron chi connectivity index (χ4n) is 2.43. The minimum atomic E-state index is 0.192. The van der Waals surface area contributed by atoms with Crippen molar-refractivity contribution >= 4 is 39.1 Å². The van der Waals surface area contributed by atoms with E-state index in [-0.39, 0.29) is 12.1 Å². The van der Waals surface area contributed by atoms with Crippen LogP contribution < -0.4 is 5.32 Å². The zero-order valence-corrected chi connectivity index (χ0v) is 15.1. The molecule has 0 aromatic heterocycles. The second-order valence-electron chi connectivity index (χ2n) is 5.04. The quantitative estimate of drug-likeness (QED) is 0.613. The van der Waals surface area contributed by atoms with E-state index in [0.29, 0.717) is 10.0 Å². The lowest BCUT2D eigenvalue weighted by Crippen LogP contribution is -2.24. The second kappa shape index (κ2) is 7.64. The number of halogens is 3. The summed E-state index contributed by atoms with van der Waals surface area (Å²) in [6, 6.07) is 14.3. The van der Waals surface area contributed by atoms with Gasteiger partial charge in [0.1, 0.15) is 0 Å². The van der Waals surface area contributed by atoms with E-state index in [9.17, 15) is 0 Å². The van der Waals surface area contributed by atoms with Crippen LogP contribution in [0.2, 0.25) is 10.0 Å². The number of benzene rings is 2. The molecule has 0 radical (unpaired) electrons. The lowest BCUT2D eigenvalue weighted by molar-refractivity contribution is 0.455. The summed E-state index contributed by atoms with van der Waals surface area (Å²) in [5.41, 5.74) is 2.32. The first-order valence-corrected chi connectivity index (χ1v) is 8.53. The Labute approximate surface area is 144 Å². The summed E-state index contributed by atoms with van der Waals surface area (Å²) in [6.07, 6.45) is 0.955. The Balaban J connectivity index is 2.21. The topological polar surface area (TPSA) is 12.0 Å². The minimum absolute atomic E-state index is 0.192. The van der Waals surface area contributed by atoms with E-state index in [0.717, 1.165) is 16.5 Å². The predicted octanol–water partition coefficient (Wildman–Crippen LogP) is 6.56. The molecule has 2 atom stereocenters. The van der Waals surface area contributed by atoms with Gasteiger partial charge < -0.3 is 5.32 Å². The van der Waals surface area contributed by atoms with E-state index < -0.39 is 0 Å². The molecule has 2 aromatic carbocycles. The Morgan fingerprint density at radius 1 is 1.10 bits per heavy atom. The van der Waals surface area contributed by atoms with Gasteiger partial charge in [0.15, 0.2) is 0 Å². The molecule has 2 unspecified atom stereocenters. The molecule has 1 nitrogen and oxygen atoms in total. The van der Waals surface area contributed by atoms with Crippen molar-refractivity contribution in [2.45, 2.75) is 32.4 Å². The van der Waals surface area contributed by atoms with Crippen LogP contribution in [0.25, 0.3) is 0 Å². The van der Waals surface area contributed by atoms with Gasteiger partial charge >= 0.3 is 0 Å².